The number of hydrogen-bond donors (Lipinski definition) is 2. The Labute approximate surface area is 144 Å². The van der Waals surface area contributed by atoms with Crippen molar-refractivity contribution in [1.82, 2.24) is 19.9 Å². The van der Waals surface area contributed by atoms with Gasteiger partial charge in [0, 0.05) is 31.4 Å². The van der Waals surface area contributed by atoms with Crippen LogP contribution < -0.4 is 5.56 Å². The summed E-state index contributed by atoms with van der Waals surface area (Å²) in [5, 5.41) is 9.62. The van der Waals surface area contributed by atoms with Crippen molar-refractivity contribution in [3.05, 3.63) is 75.8 Å². The second-order valence-electron chi connectivity index (χ2n) is 6.19. The van der Waals surface area contributed by atoms with Crippen LogP contribution in [0.25, 0.3) is 11.5 Å². The van der Waals surface area contributed by atoms with Crippen molar-refractivity contribution in [2.75, 3.05) is 6.54 Å². The van der Waals surface area contributed by atoms with Gasteiger partial charge in [0.25, 0.3) is 5.56 Å². The maximum Gasteiger partial charge on any atom is 0.254 e. The molecule has 0 saturated heterocycles. The SMILES string of the molecule is O=c1[nH]c(-c2ccccn2)nc2c1CCN(Cc1cccc(O)c1)C2. The highest BCUT2D eigenvalue weighted by atomic mass is 16.3. The lowest BCUT2D eigenvalue weighted by Gasteiger charge is -2.27. The van der Waals surface area contributed by atoms with E-state index in [-0.39, 0.29) is 11.3 Å². The molecular weight excluding hydrogens is 316 g/mol. The van der Waals surface area contributed by atoms with Crippen molar-refractivity contribution in [2.24, 2.45) is 0 Å². The van der Waals surface area contributed by atoms with E-state index in [4.69, 9.17) is 0 Å². The molecule has 0 spiro atoms. The van der Waals surface area contributed by atoms with Crippen LogP contribution in [0, 0.1) is 0 Å². The second kappa shape index (κ2) is 6.49. The van der Waals surface area contributed by atoms with Crippen LogP contribution in [0.5, 0.6) is 5.75 Å². The van der Waals surface area contributed by atoms with E-state index in [0.717, 1.165) is 23.4 Å². The number of aromatic nitrogens is 3. The van der Waals surface area contributed by atoms with Gasteiger partial charge in [-0.15, -0.1) is 0 Å². The van der Waals surface area contributed by atoms with E-state index >= 15 is 0 Å². The number of fused-ring (bicyclic) bond motifs is 1. The number of aromatic hydroxyl groups is 1. The van der Waals surface area contributed by atoms with Gasteiger partial charge in [-0.05, 0) is 36.2 Å². The standard InChI is InChI=1S/C19H18N4O2/c24-14-5-3-4-13(10-14)11-23-9-7-15-17(12-23)21-18(22-19(15)25)16-6-1-2-8-20-16/h1-6,8,10,24H,7,9,11-12H2,(H,21,22,25). The van der Waals surface area contributed by atoms with Crippen LogP contribution >= 0.6 is 0 Å². The summed E-state index contributed by atoms with van der Waals surface area (Å²) in [7, 11) is 0. The van der Waals surface area contributed by atoms with Crippen molar-refractivity contribution < 1.29 is 5.11 Å². The van der Waals surface area contributed by atoms with Gasteiger partial charge in [-0.3, -0.25) is 14.7 Å². The molecule has 0 radical (unpaired) electrons. The molecule has 0 bridgehead atoms. The van der Waals surface area contributed by atoms with Gasteiger partial charge in [-0.2, -0.15) is 0 Å². The third kappa shape index (κ3) is 3.29. The number of H-pyrrole nitrogens is 1. The Hall–Kier alpha value is -2.99. The molecule has 3 aromatic rings. The van der Waals surface area contributed by atoms with Gasteiger partial charge in [0.2, 0.25) is 0 Å². The van der Waals surface area contributed by atoms with Gasteiger partial charge >= 0.3 is 0 Å². The number of phenolic OH excluding ortho intramolecular Hbond substituents is 1. The molecule has 2 aromatic heterocycles. The smallest absolute Gasteiger partial charge is 0.254 e. The fraction of sp³-hybridized carbons (Fsp3) is 0.211. The Bertz CT molecular complexity index is 953. The molecule has 126 valence electrons. The average Bonchev–Trinajstić information content (AvgIpc) is 2.62. The highest BCUT2D eigenvalue weighted by Gasteiger charge is 2.21. The first-order valence-corrected chi connectivity index (χ1v) is 8.23. The van der Waals surface area contributed by atoms with Crippen LogP contribution in [0.3, 0.4) is 0 Å². The lowest BCUT2D eigenvalue weighted by Crippen LogP contribution is -2.35. The van der Waals surface area contributed by atoms with Gasteiger partial charge in [0.15, 0.2) is 5.82 Å². The molecule has 3 heterocycles. The van der Waals surface area contributed by atoms with Crippen molar-refractivity contribution in [3.8, 4) is 17.3 Å². The van der Waals surface area contributed by atoms with E-state index < -0.39 is 0 Å². The molecule has 1 aliphatic rings. The molecule has 0 saturated carbocycles. The van der Waals surface area contributed by atoms with E-state index in [1.165, 1.54) is 0 Å². The number of aromatic amines is 1. The van der Waals surface area contributed by atoms with E-state index in [9.17, 15) is 9.90 Å². The topological polar surface area (TPSA) is 82.1 Å². The van der Waals surface area contributed by atoms with Crippen LogP contribution in [-0.4, -0.2) is 31.5 Å². The molecule has 25 heavy (non-hydrogen) atoms. The molecule has 1 aliphatic heterocycles. The monoisotopic (exact) mass is 334 g/mol. The lowest BCUT2D eigenvalue weighted by atomic mass is 10.1. The molecule has 0 aliphatic carbocycles. The minimum absolute atomic E-state index is 0.0809. The maximum atomic E-state index is 12.4. The minimum atomic E-state index is -0.0809. The third-order valence-electron chi connectivity index (χ3n) is 4.38. The van der Waals surface area contributed by atoms with Crippen LogP contribution in [-0.2, 0) is 19.5 Å². The zero-order valence-corrected chi connectivity index (χ0v) is 13.6. The summed E-state index contributed by atoms with van der Waals surface area (Å²) in [6.07, 6.45) is 2.35. The summed E-state index contributed by atoms with van der Waals surface area (Å²) in [5.74, 6) is 0.769. The Balaban J connectivity index is 1.61. The Kier molecular flexibility index (Phi) is 4.03. The molecular formula is C19H18N4O2. The van der Waals surface area contributed by atoms with E-state index in [2.05, 4.69) is 19.9 Å². The molecule has 0 unspecified atom stereocenters. The first kappa shape index (κ1) is 15.5. The number of nitrogens with zero attached hydrogens (tertiary/aromatic N) is 3. The van der Waals surface area contributed by atoms with Crippen molar-refractivity contribution >= 4 is 0 Å². The van der Waals surface area contributed by atoms with Crippen LogP contribution in [0.4, 0.5) is 0 Å². The molecule has 6 nitrogen and oxygen atoms in total. The number of phenols is 1. The van der Waals surface area contributed by atoms with Crippen LogP contribution in [0.1, 0.15) is 16.8 Å². The molecule has 6 heteroatoms. The summed E-state index contributed by atoms with van der Waals surface area (Å²) in [6, 6.07) is 12.8. The number of rotatable bonds is 3. The Morgan fingerprint density at radius 3 is 2.92 bits per heavy atom. The highest BCUT2D eigenvalue weighted by molar-refractivity contribution is 5.49. The molecule has 0 amide bonds. The summed E-state index contributed by atoms with van der Waals surface area (Å²) in [4.78, 5) is 26.4. The van der Waals surface area contributed by atoms with Crippen molar-refractivity contribution in [1.29, 1.82) is 0 Å². The average molecular weight is 334 g/mol. The molecule has 2 N–H and O–H groups in total. The van der Waals surface area contributed by atoms with Gasteiger partial charge < -0.3 is 10.1 Å². The molecule has 4 rings (SSSR count). The first-order chi connectivity index (χ1) is 12.2. The van der Waals surface area contributed by atoms with Crippen molar-refractivity contribution in [2.45, 2.75) is 19.5 Å². The summed E-state index contributed by atoms with van der Waals surface area (Å²) in [6.45, 7) is 2.10. The first-order valence-electron chi connectivity index (χ1n) is 8.23. The fourth-order valence-corrected chi connectivity index (χ4v) is 3.17. The zero-order valence-electron chi connectivity index (χ0n) is 13.6. The quantitative estimate of drug-likeness (QED) is 0.766. The molecule has 0 fully saturated rings. The van der Waals surface area contributed by atoms with E-state index in [0.29, 0.717) is 31.0 Å². The largest absolute Gasteiger partial charge is 0.508 e. The summed E-state index contributed by atoms with van der Waals surface area (Å²) in [5.41, 5.74) is 3.18. The summed E-state index contributed by atoms with van der Waals surface area (Å²) >= 11 is 0. The lowest BCUT2D eigenvalue weighted by molar-refractivity contribution is 0.240. The van der Waals surface area contributed by atoms with Crippen molar-refractivity contribution in [3.63, 3.8) is 0 Å². The number of benzene rings is 1. The van der Waals surface area contributed by atoms with Gasteiger partial charge in [-0.1, -0.05) is 18.2 Å². The normalized spacial score (nSPS) is 14.2. The molecule has 1 aromatic carbocycles. The number of nitrogens with one attached hydrogen (secondary N) is 1. The predicted molar refractivity (Wildman–Crippen MR) is 94.0 cm³/mol. The van der Waals surface area contributed by atoms with Gasteiger partial charge in [-0.25, -0.2) is 4.98 Å². The number of pyridine rings is 1. The Morgan fingerprint density at radius 1 is 1.20 bits per heavy atom. The fourth-order valence-electron chi connectivity index (χ4n) is 3.17. The van der Waals surface area contributed by atoms with Gasteiger partial charge in [0.05, 0.1) is 5.69 Å². The van der Waals surface area contributed by atoms with E-state index in [1.807, 2.05) is 30.3 Å². The highest BCUT2D eigenvalue weighted by Crippen LogP contribution is 2.20. The van der Waals surface area contributed by atoms with Gasteiger partial charge in [0.1, 0.15) is 11.4 Å². The third-order valence-corrected chi connectivity index (χ3v) is 4.38. The molecule has 0 atom stereocenters. The van der Waals surface area contributed by atoms with E-state index in [1.54, 1.807) is 18.3 Å². The second-order valence-corrected chi connectivity index (χ2v) is 6.19. The number of hydrogen-bond acceptors (Lipinski definition) is 5. The maximum absolute atomic E-state index is 12.4. The summed E-state index contributed by atoms with van der Waals surface area (Å²) < 4.78 is 0. The predicted octanol–water partition coefficient (Wildman–Crippen LogP) is 2.10. The van der Waals surface area contributed by atoms with Crippen LogP contribution in [0.15, 0.2) is 53.5 Å². The van der Waals surface area contributed by atoms with Crippen LogP contribution in [0.2, 0.25) is 0 Å². The minimum Gasteiger partial charge on any atom is -0.508 e. The Morgan fingerprint density at radius 2 is 2.12 bits per heavy atom. The zero-order chi connectivity index (χ0) is 17.2.